The van der Waals surface area contributed by atoms with Gasteiger partial charge >= 0.3 is 5.97 Å². The molecule has 0 spiro atoms. The third-order valence-electron chi connectivity index (χ3n) is 2.63. The molecule has 1 N–H and O–H groups in total. The fourth-order valence-electron chi connectivity index (χ4n) is 1.68. The second-order valence-electron chi connectivity index (χ2n) is 4.65. The van der Waals surface area contributed by atoms with Crippen LogP contribution < -0.4 is 10.1 Å². The summed E-state index contributed by atoms with van der Waals surface area (Å²) in [4.78, 5) is 16.3. The van der Waals surface area contributed by atoms with Crippen LogP contribution in [0.1, 0.15) is 13.8 Å². The largest absolute Gasteiger partial charge is 0.491 e. The highest BCUT2D eigenvalue weighted by Crippen LogP contribution is 2.30. The van der Waals surface area contributed by atoms with Crippen molar-refractivity contribution >= 4 is 22.4 Å². The first-order valence-corrected chi connectivity index (χ1v) is 7.43. The van der Waals surface area contributed by atoms with Crippen molar-refractivity contribution in [3.63, 3.8) is 0 Å². The molecule has 0 amide bonds. The molecule has 2 aromatic rings. The number of esters is 1. The molecule has 0 fully saturated rings. The molecule has 0 unspecified atom stereocenters. The first kappa shape index (κ1) is 15.3. The quantitative estimate of drug-likeness (QED) is 0.831. The van der Waals surface area contributed by atoms with E-state index in [4.69, 9.17) is 4.74 Å². The van der Waals surface area contributed by atoms with E-state index in [0.29, 0.717) is 5.13 Å². The number of nitrogens with zero attached hydrogens (tertiary/aromatic N) is 1. The van der Waals surface area contributed by atoms with Crippen LogP contribution in [0.2, 0.25) is 0 Å². The molecule has 0 bridgehead atoms. The zero-order chi connectivity index (χ0) is 15.2. The van der Waals surface area contributed by atoms with E-state index in [9.17, 15) is 4.79 Å². The van der Waals surface area contributed by atoms with Crippen molar-refractivity contribution in [3.8, 4) is 16.2 Å². The summed E-state index contributed by atoms with van der Waals surface area (Å²) in [7, 11) is 1.36. The fraction of sp³-hybridized carbons (Fsp3) is 0.333. The molecule has 0 saturated heterocycles. The summed E-state index contributed by atoms with van der Waals surface area (Å²) in [5.74, 6) is 0.532. The van der Waals surface area contributed by atoms with Gasteiger partial charge in [-0.3, -0.25) is 4.79 Å². The summed E-state index contributed by atoms with van der Waals surface area (Å²) >= 11 is 1.49. The number of methoxy groups -OCH3 is 1. The third-order valence-corrected chi connectivity index (χ3v) is 3.63. The number of carbonyl (C=O) groups excluding carboxylic acids is 1. The molecule has 0 aliphatic carbocycles. The molecule has 1 aromatic carbocycles. The van der Waals surface area contributed by atoms with E-state index in [2.05, 4.69) is 15.0 Å². The Labute approximate surface area is 127 Å². The van der Waals surface area contributed by atoms with Crippen LogP contribution in [-0.4, -0.2) is 30.7 Å². The Morgan fingerprint density at radius 2 is 2.05 bits per heavy atom. The van der Waals surface area contributed by atoms with Crippen molar-refractivity contribution in [1.82, 2.24) is 4.98 Å². The van der Waals surface area contributed by atoms with Crippen LogP contribution in [0.4, 0.5) is 5.13 Å². The first-order valence-electron chi connectivity index (χ1n) is 6.62. The van der Waals surface area contributed by atoms with E-state index in [0.717, 1.165) is 16.2 Å². The molecular formula is C15H18N2O3S. The molecule has 1 heterocycles. The lowest BCUT2D eigenvalue weighted by molar-refractivity contribution is -0.138. The predicted molar refractivity (Wildman–Crippen MR) is 83.8 cm³/mol. The molecule has 0 aliphatic rings. The number of benzene rings is 1. The van der Waals surface area contributed by atoms with Crippen molar-refractivity contribution in [1.29, 1.82) is 0 Å². The number of ether oxygens (including phenoxy) is 2. The summed E-state index contributed by atoms with van der Waals surface area (Å²) in [6.07, 6.45) is 1.94. The van der Waals surface area contributed by atoms with Gasteiger partial charge in [-0.15, -0.1) is 0 Å². The second kappa shape index (κ2) is 7.08. The van der Waals surface area contributed by atoms with Gasteiger partial charge in [-0.25, -0.2) is 4.98 Å². The highest BCUT2D eigenvalue weighted by Gasteiger charge is 2.07. The van der Waals surface area contributed by atoms with Crippen molar-refractivity contribution in [2.75, 3.05) is 19.0 Å². The van der Waals surface area contributed by atoms with E-state index in [1.165, 1.54) is 18.4 Å². The summed E-state index contributed by atoms with van der Waals surface area (Å²) in [5, 5.41) is 3.62. The Morgan fingerprint density at radius 1 is 1.33 bits per heavy atom. The standard InChI is InChI=1S/C15H18N2O3S/c1-10(2)20-12-6-4-11(5-7-12)13-8-16-15(21-13)17-9-14(18)19-3/h4-8,10H,9H2,1-3H3,(H,16,17). The molecule has 1 aromatic heterocycles. The minimum absolute atomic E-state index is 0.116. The Balaban J connectivity index is 2.02. The maximum absolute atomic E-state index is 11.1. The van der Waals surface area contributed by atoms with Gasteiger partial charge in [0.2, 0.25) is 0 Å². The van der Waals surface area contributed by atoms with Crippen molar-refractivity contribution in [2.24, 2.45) is 0 Å². The highest BCUT2D eigenvalue weighted by atomic mass is 32.1. The average molecular weight is 306 g/mol. The smallest absolute Gasteiger partial charge is 0.325 e. The lowest BCUT2D eigenvalue weighted by Gasteiger charge is -2.09. The molecule has 0 atom stereocenters. The monoisotopic (exact) mass is 306 g/mol. The van der Waals surface area contributed by atoms with Gasteiger partial charge in [-0.05, 0) is 43.7 Å². The van der Waals surface area contributed by atoms with Crippen LogP contribution in [0.15, 0.2) is 30.5 Å². The number of carbonyl (C=O) groups is 1. The van der Waals surface area contributed by atoms with E-state index in [1.54, 1.807) is 6.20 Å². The molecule has 5 nitrogen and oxygen atoms in total. The summed E-state index contributed by atoms with van der Waals surface area (Å²) in [6, 6.07) is 7.87. The Morgan fingerprint density at radius 3 is 2.67 bits per heavy atom. The minimum Gasteiger partial charge on any atom is -0.491 e. The van der Waals surface area contributed by atoms with Gasteiger partial charge in [-0.1, -0.05) is 11.3 Å². The number of thiazole rings is 1. The van der Waals surface area contributed by atoms with Crippen molar-refractivity contribution in [2.45, 2.75) is 20.0 Å². The zero-order valence-electron chi connectivity index (χ0n) is 12.3. The normalized spacial score (nSPS) is 10.5. The van der Waals surface area contributed by atoms with E-state index in [-0.39, 0.29) is 18.6 Å². The van der Waals surface area contributed by atoms with Crippen LogP contribution >= 0.6 is 11.3 Å². The minimum atomic E-state index is -0.318. The molecule has 2 rings (SSSR count). The van der Waals surface area contributed by atoms with E-state index in [1.807, 2.05) is 38.1 Å². The molecule has 6 heteroatoms. The summed E-state index contributed by atoms with van der Waals surface area (Å²) in [6.45, 7) is 4.11. The topological polar surface area (TPSA) is 60.5 Å². The third kappa shape index (κ3) is 4.46. The van der Waals surface area contributed by atoms with Gasteiger partial charge in [0.05, 0.1) is 18.1 Å². The molecule has 112 valence electrons. The molecular weight excluding hydrogens is 288 g/mol. The van der Waals surface area contributed by atoms with E-state index < -0.39 is 0 Å². The fourth-order valence-corrected chi connectivity index (χ4v) is 2.50. The Hall–Kier alpha value is -2.08. The number of aromatic nitrogens is 1. The lowest BCUT2D eigenvalue weighted by atomic mass is 10.2. The Kier molecular flexibility index (Phi) is 5.16. The number of hydrogen-bond donors (Lipinski definition) is 1. The van der Waals surface area contributed by atoms with Gasteiger partial charge in [0, 0.05) is 6.20 Å². The maximum atomic E-state index is 11.1. The lowest BCUT2D eigenvalue weighted by Crippen LogP contribution is -2.14. The maximum Gasteiger partial charge on any atom is 0.325 e. The number of nitrogens with one attached hydrogen (secondary N) is 1. The first-order chi connectivity index (χ1) is 10.1. The number of rotatable bonds is 6. The zero-order valence-corrected chi connectivity index (χ0v) is 13.1. The molecule has 21 heavy (non-hydrogen) atoms. The molecule has 0 radical (unpaired) electrons. The predicted octanol–water partition coefficient (Wildman–Crippen LogP) is 3.18. The van der Waals surface area contributed by atoms with Gasteiger partial charge in [0.25, 0.3) is 0 Å². The van der Waals surface area contributed by atoms with Crippen LogP contribution in [0.5, 0.6) is 5.75 Å². The van der Waals surface area contributed by atoms with Gasteiger partial charge < -0.3 is 14.8 Å². The van der Waals surface area contributed by atoms with Gasteiger partial charge in [0.1, 0.15) is 12.3 Å². The Bertz CT molecular complexity index is 593. The summed E-state index contributed by atoms with van der Waals surface area (Å²) < 4.78 is 10.2. The second-order valence-corrected chi connectivity index (χ2v) is 5.68. The molecule has 0 saturated carbocycles. The van der Waals surface area contributed by atoms with Crippen LogP contribution in [0.25, 0.3) is 10.4 Å². The average Bonchev–Trinajstić information content (AvgIpc) is 2.94. The van der Waals surface area contributed by atoms with Gasteiger partial charge in [-0.2, -0.15) is 0 Å². The van der Waals surface area contributed by atoms with Crippen LogP contribution in [0.3, 0.4) is 0 Å². The highest BCUT2D eigenvalue weighted by molar-refractivity contribution is 7.18. The summed E-state index contributed by atoms with van der Waals surface area (Å²) in [5.41, 5.74) is 1.06. The molecule has 0 aliphatic heterocycles. The van der Waals surface area contributed by atoms with Gasteiger partial charge in [0.15, 0.2) is 5.13 Å². The van der Waals surface area contributed by atoms with Crippen molar-refractivity contribution in [3.05, 3.63) is 30.5 Å². The SMILES string of the molecule is COC(=O)CNc1ncc(-c2ccc(OC(C)C)cc2)s1. The number of hydrogen-bond acceptors (Lipinski definition) is 6. The van der Waals surface area contributed by atoms with Crippen LogP contribution in [0, 0.1) is 0 Å². The number of anilines is 1. The van der Waals surface area contributed by atoms with Crippen LogP contribution in [-0.2, 0) is 9.53 Å². The van der Waals surface area contributed by atoms with E-state index >= 15 is 0 Å². The van der Waals surface area contributed by atoms with Crippen molar-refractivity contribution < 1.29 is 14.3 Å².